The highest BCUT2D eigenvalue weighted by Gasteiger charge is 2.14. The summed E-state index contributed by atoms with van der Waals surface area (Å²) in [7, 11) is 1.35. The van der Waals surface area contributed by atoms with E-state index in [0.717, 1.165) is 25.2 Å². The lowest BCUT2D eigenvalue weighted by Gasteiger charge is -2.26. The van der Waals surface area contributed by atoms with Crippen LogP contribution >= 0.6 is 0 Å². The van der Waals surface area contributed by atoms with Crippen molar-refractivity contribution in [2.24, 2.45) is 0 Å². The molecule has 0 amide bonds. The van der Waals surface area contributed by atoms with Gasteiger partial charge in [0, 0.05) is 12.2 Å². The Balaban J connectivity index is 1.96. The zero-order valence-corrected chi connectivity index (χ0v) is 12.9. The highest BCUT2D eigenvalue weighted by atomic mass is 16.5. The summed E-state index contributed by atoms with van der Waals surface area (Å²) >= 11 is 0. The van der Waals surface area contributed by atoms with E-state index in [1.54, 1.807) is 6.07 Å². The second-order valence-corrected chi connectivity index (χ2v) is 5.44. The molecule has 5 heteroatoms. The van der Waals surface area contributed by atoms with Gasteiger partial charge in [0.15, 0.2) is 0 Å². The highest BCUT2D eigenvalue weighted by molar-refractivity contribution is 5.96. The molecule has 1 fully saturated rings. The fourth-order valence-corrected chi connectivity index (χ4v) is 2.60. The molecule has 0 radical (unpaired) electrons. The standard InChI is InChI=1S/C16H24N2O3/c1-12-10-13(11-14(15(12)17)16(19)20-2)21-9-8-18-6-4-3-5-7-18/h10-11H,3-9,17H2,1-2H3. The molecule has 2 rings (SSSR count). The summed E-state index contributed by atoms with van der Waals surface area (Å²) in [6.45, 7) is 5.69. The van der Waals surface area contributed by atoms with Crippen LogP contribution in [0.1, 0.15) is 35.2 Å². The van der Waals surface area contributed by atoms with E-state index in [9.17, 15) is 4.79 Å². The van der Waals surface area contributed by atoms with E-state index in [2.05, 4.69) is 4.90 Å². The normalized spacial score (nSPS) is 15.7. The van der Waals surface area contributed by atoms with Crippen LogP contribution in [-0.4, -0.2) is 44.2 Å². The van der Waals surface area contributed by atoms with Gasteiger partial charge in [0.1, 0.15) is 12.4 Å². The minimum absolute atomic E-state index is 0.366. The molecule has 1 saturated heterocycles. The number of methoxy groups -OCH3 is 1. The second kappa shape index (κ2) is 7.31. The molecule has 0 bridgehead atoms. The van der Waals surface area contributed by atoms with Crippen molar-refractivity contribution in [1.29, 1.82) is 0 Å². The summed E-state index contributed by atoms with van der Waals surface area (Å²) in [6, 6.07) is 3.52. The molecule has 1 heterocycles. The van der Waals surface area contributed by atoms with Gasteiger partial charge in [-0.1, -0.05) is 6.42 Å². The molecule has 21 heavy (non-hydrogen) atoms. The summed E-state index contributed by atoms with van der Waals surface area (Å²) in [5.74, 6) is 0.233. The van der Waals surface area contributed by atoms with Crippen LogP contribution in [0.15, 0.2) is 12.1 Å². The number of carbonyl (C=O) groups excluding carboxylic acids is 1. The topological polar surface area (TPSA) is 64.8 Å². The lowest BCUT2D eigenvalue weighted by Crippen LogP contribution is -2.33. The van der Waals surface area contributed by atoms with Gasteiger partial charge < -0.3 is 15.2 Å². The summed E-state index contributed by atoms with van der Waals surface area (Å²) in [5, 5.41) is 0. The average molecular weight is 292 g/mol. The average Bonchev–Trinajstić information content (AvgIpc) is 2.51. The first-order chi connectivity index (χ1) is 10.1. The van der Waals surface area contributed by atoms with Crippen molar-refractivity contribution >= 4 is 11.7 Å². The largest absolute Gasteiger partial charge is 0.492 e. The molecule has 0 unspecified atom stereocenters. The Morgan fingerprint density at radius 2 is 2.00 bits per heavy atom. The Morgan fingerprint density at radius 1 is 1.29 bits per heavy atom. The summed E-state index contributed by atoms with van der Waals surface area (Å²) in [5.41, 5.74) is 7.55. The van der Waals surface area contributed by atoms with Crippen LogP contribution in [0.3, 0.4) is 0 Å². The molecule has 5 nitrogen and oxygen atoms in total. The van der Waals surface area contributed by atoms with Crippen LogP contribution in [0.25, 0.3) is 0 Å². The van der Waals surface area contributed by atoms with E-state index in [1.807, 2.05) is 13.0 Å². The zero-order chi connectivity index (χ0) is 15.2. The van der Waals surface area contributed by atoms with Gasteiger partial charge in [0.25, 0.3) is 0 Å². The van der Waals surface area contributed by atoms with E-state index >= 15 is 0 Å². The van der Waals surface area contributed by atoms with Crippen LogP contribution < -0.4 is 10.5 Å². The number of esters is 1. The van der Waals surface area contributed by atoms with Crippen LogP contribution in [-0.2, 0) is 4.74 Å². The molecule has 0 spiro atoms. The van der Waals surface area contributed by atoms with Crippen LogP contribution in [0.2, 0.25) is 0 Å². The fraction of sp³-hybridized carbons (Fsp3) is 0.562. The first-order valence-electron chi connectivity index (χ1n) is 7.45. The lowest BCUT2D eigenvalue weighted by atomic mass is 10.1. The maximum atomic E-state index is 11.7. The Bertz CT molecular complexity index is 497. The third-order valence-electron chi connectivity index (χ3n) is 3.89. The van der Waals surface area contributed by atoms with Crippen molar-refractivity contribution < 1.29 is 14.3 Å². The van der Waals surface area contributed by atoms with Crippen molar-refractivity contribution in [3.05, 3.63) is 23.3 Å². The van der Waals surface area contributed by atoms with Crippen molar-refractivity contribution in [2.75, 3.05) is 39.1 Å². The van der Waals surface area contributed by atoms with Crippen molar-refractivity contribution in [2.45, 2.75) is 26.2 Å². The van der Waals surface area contributed by atoms with Crippen molar-refractivity contribution in [1.82, 2.24) is 4.90 Å². The maximum Gasteiger partial charge on any atom is 0.340 e. The number of hydrogen-bond donors (Lipinski definition) is 1. The first-order valence-corrected chi connectivity index (χ1v) is 7.45. The third-order valence-corrected chi connectivity index (χ3v) is 3.89. The molecule has 0 aromatic heterocycles. The van der Waals surface area contributed by atoms with Gasteiger partial charge >= 0.3 is 5.97 Å². The molecule has 0 atom stereocenters. The van der Waals surface area contributed by atoms with Gasteiger partial charge in [-0.25, -0.2) is 4.79 Å². The van der Waals surface area contributed by atoms with Gasteiger partial charge in [0.05, 0.1) is 12.7 Å². The quantitative estimate of drug-likeness (QED) is 0.666. The number of rotatable bonds is 5. The van der Waals surface area contributed by atoms with Gasteiger partial charge in [-0.15, -0.1) is 0 Å². The van der Waals surface area contributed by atoms with E-state index in [-0.39, 0.29) is 0 Å². The summed E-state index contributed by atoms with van der Waals surface area (Å²) in [6.07, 6.45) is 3.87. The summed E-state index contributed by atoms with van der Waals surface area (Å²) in [4.78, 5) is 14.1. The number of aryl methyl sites for hydroxylation is 1. The summed E-state index contributed by atoms with van der Waals surface area (Å²) < 4.78 is 10.5. The first kappa shape index (κ1) is 15.6. The minimum Gasteiger partial charge on any atom is -0.492 e. The number of piperidine rings is 1. The number of hydrogen-bond acceptors (Lipinski definition) is 5. The molecule has 116 valence electrons. The smallest absolute Gasteiger partial charge is 0.340 e. The van der Waals surface area contributed by atoms with E-state index in [0.29, 0.717) is 23.6 Å². The van der Waals surface area contributed by atoms with Gasteiger partial charge in [-0.3, -0.25) is 4.90 Å². The molecule has 1 aromatic rings. The Labute approximate surface area is 126 Å². The molecule has 1 aliphatic heterocycles. The molecule has 2 N–H and O–H groups in total. The SMILES string of the molecule is COC(=O)c1cc(OCCN2CCCCC2)cc(C)c1N. The minimum atomic E-state index is -0.433. The molecule has 0 aliphatic carbocycles. The highest BCUT2D eigenvalue weighted by Crippen LogP contribution is 2.25. The van der Waals surface area contributed by atoms with Gasteiger partial charge in [0.2, 0.25) is 0 Å². The number of nitrogen functional groups attached to an aromatic ring is 1. The van der Waals surface area contributed by atoms with E-state index in [4.69, 9.17) is 15.2 Å². The van der Waals surface area contributed by atoms with Crippen LogP contribution in [0.4, 0.5) is 5.69 Å². The number of benzene rings is 1. The van der Waals surface area contributed by atoms with Crippen LogP contribution in [0, 0.1) is 6.92 Å². The number of anilines is 1. The number of likely N-dealkylation sites (tertiary alicyclic amines) is 1. The number of ether oxygens (including phenoxy) is 2. The monoisotopic (exact) mass is 292 g/mol. The van der Waals surface area contributed by atoms with Gasteiger partial charge in [-0.2, -0.15) is 0 Å². The molecule has 1 aromatic carbocycles. The molecule has 1 aliphatic rings. The van der Waals surface area contributed by atoms with Crippen molar-refractivity contribution in [3.8, 4) is 5.75 Å². The van der Waals surface area contributed by atoms with E-state index < -0.39 is 5.97 Å². The Hall–Kier alpha value is -1.75. The van der Waals surface area contributed by atoms with Crippen molar-refractivity contribution in [3.63, 3.8) is 0 Å². The fourth-order valence-electron chi connectivity index (χ4n) is 2.60. The number of nitrogens with two attached hydrogens (primary N) is 1. The Kier molecular flexibility index (Phi) is 5.44. The van der Waals surface area contributed by atoms with E-state index in [1.165, 1.54) is 26.4 Å². The molecule has 0 saturated carbocycles. The Morgan fingerprint density at radius 3 is 2.67 bits per heavy atom. The zero-order valence-electron chi connectivity index (χ0n) is 12.9. The molecular weight excluding hydrogens is 268 g/mol. The number of carbonyl (C=O) groups is 1. The second-order valence-electron chi connectivity index (χ2n) is 5.44. The predicted molar refractivity (Wildman–Crippen MR) is 82.7 cm³/mol. The predicted octanol–water partition coefficient (Wildman–Crippen LogP) is 2.23. The maximum absolute atomic E-state index is 11.7. The lowest BCUT2D eigenvalue weighted by molar-refractivity contribution is 0.0601. The third kappa shape index (κ3) is 4.11. The number of nitrogens with zero attached hydrogens (tertiary/aromatic N) is 1. The van der Waals surface area contributed by atoms with Gasteiger partial charge in [-0.05, 0) is 50.6 Å². The van der Waals surface area contributed by atoms with Crippen LogP contribution in [0.5, 0.6) is 5.75 Å². The molecular formula is C16H24N2O3.